The van der Waals surface area contributed by atoms with Crippen LogP contribution in [0, 0.1) is 12.8 Å². The molecule has 0 spiro atoms. The lowest BCUT2D eigenvalue weighted by Crippen LogP contribution is -2.00. The van der Waals surface area contributed by atoms with E-state index in [1.54, 1.807) is 0 Å². The highest BCUT2D eigenvalue weighted by Gasteiger charge is 2.11. The Kier molecular flexibility index (Phi) is 2.65. The van der Waals surface area contributed by atoms with Gasteiger partial charge in [-0.3, -0.25) is 0 Å². The maximum Gasteiger partial charge on any atom is 0.175 e. The SMILES string of the molecule is Cc1cc2c(CC(C)C)nnc(Cl)c2[nH]1. The Labute approximate surface area is 93.9 Å². The molecule has 0 aliphatic heterocycles. The molecule has 80 valence electrons. The molecule has 0 amide bonds. The highest BCUT2D eigenvalue weighted by molar-refractivity contribution is 6.33. The Hall–Kier alpha value is -1.09. The zero-order valence-electron chi connectivity index (χ0n) is 9.13. The number of fused-ring (bicyclic) bond motifs is 1. The van der Waals surface area contributed by atoms with E-state index in [1.807, 2.05) is 6.92 Å². The molecule has 0 bridgehead atoms. The average Bonchev–Trinajstić information content (AvgIpc) is 2.52. The lowest BCUT2D eigenvalue weighted by Gasteiger charge is -2.04. The van der Waals surface area contributed by atoms with Crippen molar-refractivity contribution >= 4 is 22.5 Å². The Morgan fingerprint density at radius 1 is 1.40 bits per heavy atom. The van der Waals surface area contributed by atoms with Crippen LogP contribution in [0.5, 0.6) is 0 Å². The predicted molar refractivity (Wildman–Crippen MR) is 62.2 cm³/mol. The number of aromatic nitrogens is 3. The molecule has 4 heteroatoms. The van der Waals surface area contributed by atoms with E-state index in [1.165, 1.54) is 0 Å². The molecule has 0 aromatic carbocycles. The third-order valence-electron chi connectivity index (χ3n) is 2.33. The lowest BCUT2D eigenvalue weighted by atomic mass is 10.1. The minimum atomic E-state index is 0.450. The summed E-state index contributed by atoms with van der Waals surface area (Å²) in [7, 11) is 0. The quantitative estimate of drug-likeness (QED) is 0.850. The summed E-state index contributed by atoms with van der Waals surface area (Å²) in [6.07, 6.45) is 0.929. The normalized spacial score (nSPS) is 11.5. The molecule has 2 aromatic heterocycles. The molecule has 0 aliphatic rings. The number of nitrogens with one attached hydrogen (secondary N) is 1. The summed E-state index contributed by atoms with van der Waals surface area (Å²) in [4.78, 5) is 3.21. The van der Waals surface area contributed by atoms with Crippen molar-refractivity contribution in [1.29, 1.82) is 0 Å². The first kappa shape index (κ1) is 10.4. The van der Waals surface area contributed by atoms with Gasteiger partial charge in [0.25, 0.3) is 0 Å². The van der Waals surface area contributed by atoms with Crippen molar-refractivity contribution in [2.45, 2.75) is 27.2 Å². The zero-order chi connectivity index (χ0) is 11.0. The zero-order valence-corrected chi connectivity index (χ0v) is 9.89. The fourth-order valence-corrected chi connectivity index (χ4v) is 1.91. The minimum absolute atomic E-state index is 0.450. The van der Waals surface area contributed by atoms with Crippen LogP contribution in [0.2, 0.25) is 5.15 Å². The average molecular weight is 224 g/mol. The summed E-state index contributed by atoms with van der Waals surface area (Å²) < 4.78 is 0. The fourth-order valence-electron chi connectivity index (χ4n) is 1.73. The molecule has 0 atom stereocenters. The third-order valence-corrected chi connectivity index (χ3v) is 2.59. The van der Waals surface area contributed by atoms with Crippen LogP contribution in [-0.4, -0.2) is 15.2 Å². The monoisotopic (exact) mass is 223 g/mol. The number of nitrogens with zero attached hydrogens (tertiary/aromatic N) is 2. The van der Waals surface area contributed by atoms with Gasteiger partial charge >= 0.3 is 0 Å². The van der Waals surface area contributed by atoms with Crippen LogP contribution >= 0.6 is 11.6 Å². The van der Waals surface area contributed by atoms with E-state index in [0.717, 1.165) is 28.7 Å². The van der Waals surface area contributed by atoms with Gasteiger partial charge in [0, 0.05) is 11.1 Å². The molecule has 0 saturated carbocycles. The Balaban J connectivity index is 2.60. The maximum atomic E-state index is 5.97. The van der Waals surface area contributed by atoms with Gasteiger partial charge in [0.2, 0.25) is 0 Å². The number of hydrogen-bond donors (Lipinski definition) is 1. The molecular weight excluding hydrogens is 210 g/mol. The summed E-state index contributed by atoms with van der Waals surface area (Å²) in [5, 5.41) is 9.66. The number of aryl methyl sites for hydroxylation is 1. The Bertz CT molecular complexity index is 488. The molecular formula is C11H14ClN3. The summed E-state index contributed by atoms with van der Waals surface area (Å²) in [6, 6.07) is 2.08. The molecule has 2 aromatic rings. The van der Waals surface area contributed by atoms with Crippen molar-refractivity contribution < 1.29 is 0 Å². The molecule has 0 aliphatic carbocycles. The smallest absolute Gasteiger partial charge is 0.175 e. The van der Waals surface area contributed by atoms with E-state index in [2.05, 4.69) is 35.1 Å². The van der Waals surface area contributed by atoms with Crippen LogP contribution in [-0.2, 0) is 6.42 Å². The first-order chi connectivity index (χ1) is 7.08. The molecule has 2 heterocycles. The van der Waals surface area contributed by atoms with E-state index in [9.17, 15) is 0 Å². The summed E-state index contributed by atoms with van der Waals surface area (Å²) >= 11 is 5.97. The first-order valence-electron chi connectivity index (χ1n) is 5.08. The number of H-pyrrole nitrogens is 1. The molecule has 15 heavy (non-hydrogen) atoms. The summed E-state index contributed by atoms with van der Waals surface area (Å²) in [5.41, 5.74) is 3.01. The highest BCUT2D eigenvalue weighted by atomic mass is 35.5. The van der Waals surface area contributed by atoms with Crippen LogP contribution in [0.1, 0.15) is 25.2 Å². The number of halogens is 1. The van der Waals surface area contributed by atoms with E-state index >= 15 is 0 Å². The second-order valence-electron chi connectivity index (χ2n) is 4.28. The van der Waals surface area contributed by atoms with Gasteiger partial charge in [0.15, 0.2) is 5.15 Å². The summed E-state index contributed by atoms with van der Waals surface area (Å²) in [5.74, 6) is 0.568. The van der Waals surface area contributed by atoms with Crippen molar-refractivity contribution in [3.8, 4) is 0 Å². The summed E-state index contributed by atoms with van der Waals surface area (Å²) in [6.45, 7) is 6.35. The van der Waals surface area contributed by atoms with Gasteiger partial charge in [-0.1, -0.05) is 25.4 Å². The third kappa shape index (κ3) is 1.97. The van der Waals surface area contributed by atoms with Crippen molar-refractivity contribution in [1.82, 2.24) is 15.2 Å². The van der Waals surface area contributed by atoms with E-state index in [0.29, 0.717) is 11.1 Å². The van der Waals surface area contributed by atoms with Crippen molar-refractivity contribution in [3.05, 3.63) is 22.6 Å². The number of rotatable bonds is 2. The highest BCUT2D eigenvalue weighted by Crippen LogP contribution is 2.24. The molecule has 2 rings (SSSR count). The van der Waals surface area contributed by atoms with Gasteiger partial charge < -0.3 is 4.98 Å². The molecule has 3 nitrogen and oxygen atoms in total. The maximum absolute atomic E-state index is 5.97. The molecule has 0 fully saturated rings. The van der Waals surface area contributed by atoms with Crippen LogP contribution in [0.15, 0.2) is 6.07 Å². The van der Waals surface area contributed by atoms with E-state index < -0.39 is 0 Å². The van der Waals surface area contributed by atoms with Crippen molar-refractivity contribution in [2.75, 3.05) is 0 Å². The van der Waals surface area contributed by atoms with Gasteiger partial charge in [0.1, 0.15) is 0 Å². The number of hydrogen-bond acceptors (Lipinski definition) is 2. The van der Waals surface area contributed by atoms with Gasteiger partial charge in [-0.15, -0.1) is 5.10 Å². The number of aromatic amines is 1. The minimum Gasteiger partial charge on any atom is -0.356 e. The topological polar surface area (TPSA) is 41.6 Å². The van der Waals surface area contributed by atoms with Crippen LogP contribution in [0.3, 0.4) is 0 Å². The molecule has 0 radical (unpaired) electrons. The van der Waals surface area contributed by atoms with Gasteiger partial charge in [-0.05, 0) is 25.3 Å². The molecule has 0 saturated heterocycles. The van der Waals surface area contributed by atoms with Gasteiger partial charge in [-0.25, -0.2) is 0 Å². The van der Waals surface area contributed by atoms with Gasteiger partial charge in [0.05, 0.1) is 11.2 Å². The van der Waals surface area contributed by atoms with E-state index in [4.69, 9.17) is 11.6 Å². The lowest BCUT2D eigenvalue weighted by molar-refractivity contribution is 0.632. The second-order valence-corrected chi connectivity index (χ2v) is 4.63. The largest absolute Gasteiger partial charge is 0.356 e. The van der Waals surface area contributed by atoms with Crippen LogP contribution in [0.25, 0.3) is 10.9 Å². The molecule has 0 unspecified atom stereocenters. The standard InChI is InChI=1S/C11H14ClN3/c1-6(2)4-9-8-5-7(3)13-10(8)11(12)15-14-9/h5-6,13H,4H2,1-3H3. The second kappa shape index (κ2) is 3.81. The Morgan fingerprint density at radius 2 is 2.13 bits per heavy atom. The van der Waals surface area contributed by atoms with Crippen LogP contribution in [0.4, 0.5) is 0 Å². The fraction of sp³-hybridized carbons (Fsp3) is 0.455. The van der Waals surface area contributed by atoms with Gasteiger partial charge in [-0.2, -0.15) is 5.10 Å². The van der Waals surface area contributed by atoms with Crippen molar-refractivity contribution in [2.24, 2.45) is 5.92 Å². The molecule has 1 N–H and O–H groups in total. The Morgan fingerprint density at radius 3 is 2.80 bits per heavy atom. The first-order valence-corrected chi connectivity index (χ1v) is 5.46. The van der Waals surface area contributed by atoms with E-state index in [-0.39, 0.29) is 0 Å². The van der Waals surface area contributed by atoms with Crippen molar-refractivity contribution in [3.63, 3.8) is 0 Å². The predicted octanol–water partition coefficient (Wildman–Crippen LogP) is 3.12. The van der Waals surface area contributed by atoms with Crippen LogP contribution < -0.4 is 0 Å².